The van der Waals surface area contributed by atoms with Gasteiger partial charge >= 0.3 is 0 Å². The van der Waals surface area contributed by atoms with Gasteiger partial charge in [0.15, 0.2) is 5.84 Å². The average molecular weight is 186 g/mol. The third-order valence-electron chi connectivity index (χ3n) is 2.77. The fourth-order valence-corrected chi connectivity index (χ4v) is 2.15. The normalized spacial score (nSPS) is 17.9. The molecule has 14 heavy (non-hydrogen) atoms. The van der Waals surface area contributed by atoms with Crippen LogP contribution < -0.4 is 0 Å². The topological polar surface area (TPSA) is 37.5 Å². The van der Waals surface area contributed by atoms with Crippen LogP contribution >= 0.6 is 0 Å². The molecule has 3 nitrogen and oxygen atoms in total. The second-order valence-corrected chi connectivity index (χ2v) is 3.55. The molecule has 1 aliphatic rings. The maximum Gasteiger partial charge on any atom is 0.153 e. The standard InChI is InChI=1S/C11H10N2O/c14-12-11-6-5-9-7-8-3-1-2-4-10(8)13(9)11/h1-4,7,14H,5-6H2. The lowest BCUT2D eigenvalue weighted by Gasteiger charge is -2.00. The highest BCUT2D eigenvalue weighted by molar-refractivity contribution is 5.98. The van der Waals surface area contributed by atoms with Gasteiger partial charge in [-0.05, 0) is 18.6 Å². The van der Waals surface area contributed by atoms with Gasteiger partial charge in [-0.25, -0.2) is 0 Å². The zero-order valence-corrected chi connectivity index (χ0v) is 7.64. The van der Waals surface area contributed by atoms with Gasteiger partial charge in [-0.15, -0.1) is 0 Å². The van der Waals surface area contributed by atoms with Crippen LogP contribution in [0.1, 0.15) is 12.1 Å². The van der Waals surface area contributed by atoms with Crippen molar-refractivity contribution in [2.24, 2.45) is 5.16 Å². The van der Waals surface area contributed by atoms with Crippen molar-refractivity contribution in [3.05, 3.63) is 36.0 Å². The lowest BCUT2D eigenvalue weighted by Crippen LogP contribution is -2.04. The van der Waals surface area contributed by atoms with E-state index in [1.807, 2.05) is 16.7 Å². The first-order valence-electron chi connectivity index (χ1n) is 4.71. The predicted octanol–water partition coefficient (Wildman–Crippen LogP) is 2.22. The van der Waals surface area contributed by atoms with Gasteiger partial charge in [-0.1, -0.05) is 23.4 Å². The number of para-hydroxylation sites is 1. The SMILES string of the molecule is ON=C1CCc2cc3ccccc3n21. The van der Waals surface area contributed by atoms with Gasteiger partial charge in [0, 0.05) is 17.5 Å². The Morgan fingerprint density at radius 2 is 2.07 bits per heavy atom. The number of aryl methyl sites for hydroxylation is 1. The lowest BCUT2D eigenvalue weighted by molar-refractivity contribution is 0.316. The summed E-state index contributed by atoms with van der Waals surface area (Å²) in [6.07, 6.45) is 1.80. The molecule has 1 aromatic carbocycles. The van der Waals surface area contributed by atoms with Crippen LogP contribution in [0.25, 0.3) is 10.9 Å². The van der Waals surface area contributed by atoms with Crippen molar-refractivity contribution in [1.29, 1.82) is 0 Å². The molecule has 0 spiro atoms. The molecule has 0 saturated heterocycles. The molecule has 0 amide bonds. The van der Waals surface area contributed by atoms with E-state index >= 15 is 0 Å². The molecule has 1 aliphatic heterocycles. The van der Waals surface area contributed by atoms with E-state index in [1.165, 1.54) is 11.1 Å². The fraction of sp³-hybridized carbons (Fsp3) is 0.182. The Morgan fingerprint density at radius 1 is 1.21 bits per heavy atom. The maximum atomic E-state index is 8.86. The maximum absolute atomic E-state index is 8.86. The molecular formula is C11H10N2O. The molecule has 0 bridgehead atoms. The van der Waals surface area contributed by atoms with Crippen molar-refractivity contribution < 1.29 is 5.21 Å². The molecule has 3 rings (SSSR count). The number of aromatic nitrogens is 1. The van der Waals surface area contributed by atoms with Crippen molar-refractivity contribution >= 4 is 16.7 Å². The Labute approximate surface area is 81.3 Å². The number of hydrogen-bond acceptors (Lipinski definition) is 2. The second kappa shape index (κ2) is 2.61. The minimum absolute atomic E-state index is 0.751. The van der Waals surface area contributed by atoms with Crippen molar-refractivity contribution in [2.75, 3.05) is 0 Å². The minimum Gasteiger partial charge on any atom is -0.409 e. The van der Waals surface area contributed by atoms with Crippen molar-refractivity contribution in [2.45, 2.75) is 12.8 Å². The predicted molar refractivity (Wildman–Crippen MR) is 54.9 cm³/mol. The van der Waals surface area contributed by atoms with Crippen molar-refractivity contribution in [3.8, 4) is 0 Å². The van der Waals surface area contributed by atoms with Gasteiger partial charge in [-0.2, -0.15) is 0 Å². The highest BCUT2D eigenvalue weighted by Crippen LogP contribution is 2.25. The smallest absolute Gasteiger partial charge is 0.153 e. The first-order chi connectivity index (χ1) is 6.90. The van der Waals surface area contributed by atoms with Crippen molar-refractivity contribution in [1.82, 2.24) is 4.57 Å². The van der Waals surface area contributed by atoms with Gasteiger partial charge in [0.05, 0.1) is 5.52 Å². The molecule has 2 aromatic rings. The molecule has 1 N–H and O–H groups in total. The zero-order valence-electron chi connectivity index (χ0n) is 7.64. The molecule has 1 aromatic heterocycles. The Morgan fingerprint density at radius 3 is 2.93 bits per heavy atom. The number of oxime groups is 1. The Kier molecular flexibility index (Phi) is 1.42. The van der Waals surface area contributed by atoms with Crippen LogP contribution in [0, 0.1) is 0 Å². The highest BCUT2D eigenvalue weighted by atomic mass is 16.4. The summed E-state index contributed by atoms with van der Waals surface area (Å²) >= 11 is 0. The van der Waals surface area contributed by atoms with Crippen molar-refractivity contribution in [3.63, 3.8) is 0 Å². The van der Waals surface area contributed by atoms with E-state index in [0.29, 0.717) is 0 Å². The molecule has 0 aliphatic carbocycles. The number of fused-ring (bicyclic) bond motifs is 3. The summed E-state index contributed by atoms with van der Waals surface area (Å²) in [4.78, 5) is 0. The summed E-state index contributed by atoms with van der Waals surface area (Å²) in [5, 5.41) is 13.4. The summed E-state index contributed by atoms with van der Waals surface area (Å²) in [6.45, 7) is 0. The molecule has 70 valence electrons. The quantitative estimate of drug-likeness (QED) is 0.497. The first-order valence-corrected chi connectivity index (χ1v) is 4.71. The van der Waals surface area contributed by atoms with E-state index in [0.717, 1.165) is 24.2 Å². The fourth-order valence-electron chi connectivity index (χ4n) is 2.15. The average Bonchev–Trinajstić information content (AvgIpc) is 2.75. The summed E-state index contributed by atoms with van der Waals surface area (Å²) < 4.78 is 2.04. The van der Waals surface area contributed by atoms with Crippen LogP contribution in [0.2, 0.25) is 0 Å². The van der Waals surface area contributed by atoms with Crippen LogP contribution in [0.4, 0.5) is 0 Å². The zero-order chi connectivity index (χ0) is 9.54. The van der Waals surface area contributed by atoms with Gasteiger partial charge in [0.1, 0.15) is 0 Å². The number of nitrogens with zero attached hydrogens (tertiary/aromatic N) is 2. The number of hydrogen-bond donors (Lipinski definition) is 1. The Hall–Kier alpha value is -1.77. The van der Waals surface area contributed by atoms with Gasteiger partial charge in [0.25, 0.3) is 0 Å². The van der Waals surface area contributed by atoms with E-state index in [9.17, 15) is 0 Å². The summed E-state index contributed by atoms with van der Waals surface area (Å²) in [7, 11) is 0. The molecule has 0 atom stereocenters. The Balaban J connectivity index is 2.40. The monoisotopic (exact) mass is 186 g/mol. The Bertz CT molecular complexity index is 525. The van der Waals surface area contributed by atoms with E-state index < -0.39 is 0 Å². The number of benzene rings is 1. The third-order valence-corrected chi connectivity index (χ3v) is 2.77. The molecular weight excluding hydrogens is 176 g/mol. The second-order valence-electron chi connectivity index (χ2n) is 3.55. The van der Waals surface area contributed by atoms with E-state index in [1.54, 1.807) is 0 Å². The van der Waals surface area contributed by atoms with Crippen LogP contribution in [-0.4, -0.2) is 15.6 Å². The third kappa shape index (κ3) is 0.839. The molecule has 0 fully saturated rings. The number of rotatable bonds is 0. The lowest BCUT2D eigenvalue weighted by atomic mass is 10.2. The van der Waals surface area contributed by atoms with Gasteiger partial charge in [-0.3, -0.25) is 4.57 Å². The summed E-state index contributed by atoms with van der Waals surface area (Å²) in [5.74, 6) is 0.751. The largest absolute Gasteiger partial charge is 0.409 e. The minimum atomic E-state index is 0.751. The molecule has 3 heteroatoms. The van der Waals surface area contributed by atoms with Crippen LogP contribution in [0.3, 0.4) is 0 Å². The van der Waals surface area contributed by atoms with E-state index in [4.69, 9.17) is 5.21 Å². The van der Waals surface area contributed by atoms with Gasteiger partial charge in [0.2, 0.25) is 0 Å². The van der Waals surface area contributed by atoms with Crippen LogP contribution in [-0.2, 0) is 6.42 Å². The van der Waals surface area contributed by atoms with E-state index in [-0.39, 0.29) is 0 Å². The highest BCUT2D eigenvalue weighted by Gasteiger charge is 2.20. The van der Waals surface area contributed by atoms with E-state index in [2.05, 4.69) is 23.4 Å². The van der Waals surface area contributed by atoms with Crippen LogP contribution in [0.5, 0.6) is 0 Å². The molecule has 2 heterocycles. The molecule has 0 radical (unpaired) electrons. The molecule has 0 unspecified atom stereocenters. The summed E-state index contributed by atoms with van der Waals surface area (Å²) in [5.41, 5.74) is 2.37. The molecule has 0 saturated carbocycles. The summed E-state index contributed by atoms with van der Waals surface area (Å²) in [6, 6.07) is 10.3. The van der Waals surface area contributed by atoms with Gasteiger partial charge < -0.3 is 5.21 Å². The van der Waals surface area contributed by atoms with Crippen LogP contribution in [0.15, 0.2) is 35.5 Å². The first kappa shape index (κ1) is 7.62.